The minimum atomic E-state index is -0.635. The molecule has 1 rings (SSSR count). The van der Waals surface area contributed by atoms with Gasteiger partial charge in [0.2, 0.25) is 0 Å². The number of nitrogen functional groups attached to an aromatic ring is 1. The number of thiophene rings is 1. The van der Waals surface area contributed by atoms with Crippen molar-refractivity contribution in [3.63, 3.8) is 0 Å². The Bertz CT molecular complexity index is 407. The van der Waals surface area contributed by atoms with E-state index in [0.717, 1.165) is 4.88 Å². The summed E-state index contributed by atoms with van der Waals surface area (Å²) in [4.78, 5) is 13.3. The zero-order valence-corrected chi connectivity index (χ0v) is 9.87. The number of hydrogen-bond donors (Lipinski definition) is 2. The third-order valence-corrected chi connectivity index (χ3v) is 3.03. The van der Waals surface area contributed by atoms with Crippen LogP contribution >= 0.6 is 11.3 Å². The molecule has 0 spiro atoms. The minimum absolute atomic E-state index is 0.178. The Morgan fingerprint density at radius 3 is 2.67 bits per heavy atom. The van der Waals surface area contributed by atoms with Crippen LogP contribution in [0.4, 0.5) is 5.69 Å². The molecule has 0 aromatic carbocycles. The van der Waals surface area contributed by atoms with Gasteiger partial charge in [0.1, 0.15) is 0 Å². The van der Waals surface area contributed by atoms with E-state index in [9.17, 15) is 4.79 Å². The molecular formula is C11H14N2OS. The van der Waals surface area contributed by atoms with E-state index < -0.39 is 5.54 Å². The van der Waals surface area contributed by atoms with Crippen LogP contribution in [0.15, 0.2) is 6.07 Å². The molecule has 0 unspecified atom stereocenters. The highest BCUT2D eigenvalue weighted by Gasteiger charge is 2.19. The molecular weight excluding hydrogens is 208 g/mol. The molecule has 15 heavy (non-hydrogen) atoms. The lowest BCUT2D eigenvalue weighted by atomic mass is 10.1. The van der Waals surface area contributed by atoms with Crippen LogP contribution in [0.3, 0.4) is 0 Å². The van der Waals surface area contributed by atoms with E-state index in [1.165, 1.54) is 11.3 Å². The molecule has 1 aromatic heterocycles. The molecule has 0 aliphatic heterocycles. The molecule has 4 heteroatoms. The fraction of sp³-hybridized carbons (Fsp3) is 0.364. The smallest absolute Gasteiger partial charge is 0.262 e. The number of amides is 1. The highest BCUT2D eigenvalue weighted by Crippen LogP contribution is 2.23. The second-order valence-electron chi connectivity index (χ2n) is 3.85. The summed E-state index contributed by atoms with van der Waals surface area (Å²) in [5, 5.41) is 2.74. The lowest BCUT2D eigenvalue weighted by Crippen LogP contribution is -2.41. The van der Waals surface area contributed by atoms with Crippen molar-refractivity contribution in [3.8, 4) is 12.3 Å². The summed E-state index contributed by atoms with van der Waals surface area (Å²) < 4.78 is 0. The number of terminal acetylenes is 1. The van der Waals surface area contributed by atoms with Gasteiger partial charge in [-0.1, -0.05) is 5.92 Å². The zero-order chi connectivity index (χ0) is 11.6. The summed E-state index contributed by atoms with van der Waals surface area (Å²) in [5.74, 6) is 2.33. The number of rotatable bonds is 2. The lowest BCUT2D eigenvalue weighted by molar-refractivity contribution is 0.0934. The Kier molecular flexibility index (Phi) is 3.06. The number of aryl methyl sites for hydroxylation is 1. The Morgan fingerprint density at radius 2 is 2.27 bits per heavy atom. The van der Waals surface area contributed by atoms with Crippen molar-refractivity contribution in [1.29, 1.82) is 0 Å². The molecule has 3 N–H and O–H groups in total. The van der Waals surface area contributed by atoms with Crippen LogP contribution in [0.5, 0.6) is 0 Å². The maximum atomic E-state index is 11.7. The maximum Gasteiger partial charge on any atom is 0.262 e. The molecule has 3 nitrogen and oxygen atoms in total. The van der Waals surface area contributed by atoms with Gasteiger partial charge >= 0.3 is 0 Å². The fourth-order valence-electron chi connectivity index (χ4n) is 0.990. The monoisotopic (exact) mass is 222 g/mol. The van der Waals surface area contributed by atoms with Crippen molar-refractivity contribution in [2.45, 2.75) is 26.3 Å². The molecule has 0 radical (unpaired) electrons. The van der Waals surface area contributed by atoms with Gasteiger partial charge in [0.15, 0.2) is 0 Å². The van der Waals surface area contributed by atoms with Crippen LogP contribution in [-0.4, -0.2) is 11.4 Å². The van der Waals surface area contributed by atoms with Gasteiger partial charge in [-0.05, 0) is 26.8 Å². The van der Waals surface area contributed by atoms with Crippen LogP contribution in [0, 0.1) is 19.3 Å². The van der Waals surface area contributed by atoms with Crippen molar-refractivity contribution >= 4 is 22.9 Å². The summed E-state index contributed by atoms with van der Waals surface area (Å²) in [7, 11) is 0. The van der Waals surface area contributed by atoms with Crippen LogP contribution in [0.1, 0.15) is 28.4 Å². The molecule has 0 aliphatic rings. The van der Waals surface area contributed by atoms with Crippen LogP contribution < -0.4 is 11.1 Å². The quantitative estimate of drug-likeness (QED) is 0.749. The number of nitrogens with one attached hydrogen (secondary N) is 1. The van der Waals surface area contributed by atoms with Gasteiger partial charge in [-0.3, -0.25) is 4.79 Å². The second-order valence-corrected chi connectivity index (χ2v) is 5.10. The number of carbonyl (C=O) groups is 1. The lowest BCUT2D eigenvalue weighted by Gasteiger charge is -2.18. The minimum Gasteiger partial charge on any atom is -0.398 e. The first kappa shape index (κ1) is 11.6. The first-order valence-electron chi connectivity index (χ1n) is 4.52. The first-order chi connectivity index (χ1) is 6.85. The van der Waals surface area contributed by atoms with Crippen molar-refractivity contribution in [3.05, 3.63) is 15.8 Å². The summed E-state index contributed by atoms with van der Waals surface area (Å²) in [6, 6.07) is 1.67. The van der Waals surface area contributed by atoms with Gasteiger partial charge in [0, 0.05) is 10.6 Å². The maximum absolute atomic E-state index is 11.7. The third-order valence-electron chi connectivity index (χ3n) is 1.97. The predicted molar refractivity (Wildman–Crippen MR) is 63.8 cm³/mol. The van der Waals surface area contributed by atoms with Gasteiger partial charge in [-0.25, -0.2) is 0 Å². The van der Waals surface area contributed by atoms with Gasteiger partial charge in [0.25, 0.3) is 5.91 Å². The SMILES string of the molecule is C#CC(C)(C)NC(=O)c1cc(N)c(C)s1. The van der Waals surface area contributed by atoms with Gasteiger partial charge in [-0.2, -0.15) is 0 Å². The van der Waals surface area contributed by atoms with Crippen LogP contribution in [0.2, 0.25) is 0 Å². The number of anilines is 1. The first-order valence-corrected chi connectivity index (χ1v) is 5.33. The normalized spacial score (nSPS) is 10.8. The molecule has 0 saturated carbocycles. The topological polar surface area (TPSA) is 55.1 Å². The van der Waals surface area contributed by atoms with Gasteiger partial charge in [-0.15, -0.1) is 17.8 Å². The van der Waals surface area contributed by atoms with E-state index in [1.807, 2.05) is 6.92 Å². The predicted octanol–water partition coefficient (Wildman–Crippen LogP) is 1.78. The molecule has 1 amide bonds. The van der Waals surface area contributed by atoms with E-state index in [4.69, 9.17) is 12.2 Å². The number of carbonyl (C=O) groups excluding carboxylic acids is 1. The summed E-state index contributed by atoms with van der Waals surface area (Å²) in [5.41, 5.74) is 5.67. The van der Waals surface area contributed by atoms with Crippen molar-refractivity contribution < 1.29 is 4.79 Å². The van der Waals surface area contributed by atoms with Crippen LogP contribution in [0.25, 0.3) is 0 Å². The highest BCUT2D eigenvalue weighted by atomic mass is 32.1. The standard InChI is InChI=1S/C11H14N2OS/c1-5-11(3,4)13-10(14)9-6-8(12)7(2)15-9/h1,6H,12H2,2-4H3,(H,13,14). The molecule has 0 saturated heterocycles. The molecule has 0 bridgehead atoms. The van der Waals surface area contributed by atoms with E-state index in [1.54, 1.807) is 19.9 Å². The third kappa shape index (κ3) is 2.74. The molecule has 0 atom stereocenters. The Morgan fingerprint density at radius 1 is 1.67 bits per heavy atom. The summed E-state index contributed by atoms with van der Waals surface area (Å²) in [6.07, 6.45) is 5.28. The Balaban J connectivity index is 2.84. The van der Waals surface area contributed by atoms with Crippen molar-refractivity contribution in [2.24, 2.45) is 0 Å². The fourth-order valence-corrected chi connectivity index (χ4v) is 1.83. The molecule has 0 aliphatic carbocycles. The zero-order valence-electron chi connectivity index (χ0n) is 9.05. The van der Waals surface area contributed by atoms with E-state index >= 15 is 0 Å². The highest BCUT2D eigenvalue weighted by molar-refractivity contribution is 7.14. The van der Waals surface area contributed by atoms with Gasteiger partial charge in [0.05, 0.1) is 10.4 Å². The Labute approximate surface area is 93.7 Å². The van der Waals surface area contributed by atoms with Crippen molar-refractivity contribution in [2.75, 3.05) is 5.73 Å². The van der Waals surface area contributed by atoms with E-state index in [2.05, 4.69) is 11.2 Å². The average molecular weight is 222 g/mol. The second kappa shape index (κ2) is 3.95. The van der Waals surface area contributed by atoms with E-state index in [0.29, 0.717) is 10.6 Å². The average Bonchev–Trinajstić information content (AvgIpc) is 2.47. The van der Waals surface area contributed by atoms with Crippen LogP contribution in [-0.2, 0) is 0 Å². The molecule has 80 valence electrons. The largest absolute Gasteiger partial charge is 0.398 e. The van der Waals surface area contributed by atoms with Gasteiger partial charge < -0.3 is 11.1 Å². The number of hydrogen-bond acceptors (Lipinski definition) is 3. The van der Waals surface area contributed by atoms with Crippen molar-refractivity contribution in [1.82, 2.24) is 5.32 Å². The Hall–Kier alpha value is -1.47. The molecule has 1 aromatic rings. The molecule has 0 fully saturated rings. The summed E-state index contributed by atoms with van der Waals surface area (Å²) >= 11 is 1.37. The summed E-state index contributed by atoms with van der Waals surface area (Å²) in [6.45, 7) is 5.42. The van der Waals surface area contributed by atoms with E-state index in [-0.39, 0.29) is 5.91 Å². The molecule has 1 heterocycles. The number of nitrogens with two attached hydrogens (primary N) is 1.